The quantitative estimate of drug-likeness (QED) is 0.126. The number of carbonyl (C=O) groups excluding carboxylic acids is 3. The van der Waals surface area contributed by atoms with Crippen molar-refractivity contribution in [2.45, 2.75) is 37.4 Å². The van der Waals surface area contributed by atoms with E-state index in [0.717, 1.165) is 22.0 Å². The number of nitrogens with one attached hydrogen (secondary N) is 5. The monoisotopic (exact) mass is 545 g/mol. The number of aromatic nitrogens is 3. The number of imidazole rings is 1. The van der Waals surface area contributed by atoms with E-state index in [1.165, 1.54) is 6.33 Å². The van der Waals surface area contributed by atoms with Crippen molar-refractivity contribution in [2.24, 2.45) is 5.73 Å². The van der Waals surface area contributed by atoms with E-state index in [-0.39, 0.29) is 19.3 Å². The normalized spacial score (nSPS) is 13.2. The van der Waals surface area contributed by atoms with Gasteiger partial charge in [-0.25, -0.2) is 4.98 Å². The molecule has 0 saturated carbocycles. The van der Waals surface area contributed by atoms with Gasteiger partial charge in [0.25, 0.3) is 0 Å². The Bertz CT molecular complexity index is 1450. The third kappa shape index (κ3) is 7.54. The van der Waals surface area contributed by atoms with Crippen LogP contribution in [-0.2, 0) is 38.4 Å². The largest absolute Gasteiger partial charge is 0.480 e. The van der Waals surface area contributed by atoms with Crippen molar-refractivity contribution in [1.29, 1.82) is 0 Å². The zero-order valence-corrected chi connectivity index (χ0v) is 21.6. The Morgan fingerprint density at radius 1 is 0.850 bits per heavy atom. The summed E-state index contributed by atoms with van der Waals surface area (Å²) in [5.41, 5.74) is 9.17. The SMILES string of the molecule is NC(Cc1cnc[nH]1)C(=O)NC(Cc1ccccc1)C(=O)NC(Cc1c[nH]c2ccccc12)C(=O)NCC(=O)O. The van der Waals surface area contributed by atoms with Crippen molar-refractivity contribution in [1.82, 2.24) is 30.9 Å². The highest BCUT2D eigenvalue weighted by Crippen LogP contribution is 2.19. The third-order valence-corrected chi connectivity index (χ3v) is 6.39. The number of aromatic amines is 2. The Balaban J connectivity index is 1.54. The van der Waals surface area contributed by atoms with E-state index in [0.29, 0.717) is 5.69 Å². The number of nitrogens with zero attached hydrogens (tertiary/aromatic N) is 1. The second-order valence-electron chi connectivity index (χ2n) is 9.37. The Morgan fingerprint density at radius 3 is 2.27 bits per heavy atom. The van der Waals surface area contributed by atoms with E-state index < -0.39 is 48.4 Å². The highest BCUT2D eigenvalue weighted by molar-refractivity contribution is 5.94. The molecule has 0 spiro atoms. The summed E-state index contributed by atoms with van der Waals surface area (Å²) in [6.07, 6.45) is 5.21. The summed E-state index contributed by atoms with van der Waals surface area (Å²) in [7, 11) is 0. The van der Waals surface area contributed by atoms with E-state index in [2.05, 4.69) is 30.9 Å². The first-order valence-corrected chi connectivity index (χ1v) is 12.7. The number of carbonyl (C=O) groups is 4. The van der Waals surface area contributed by atoms with Crippen LogP contribution in [0.3, 0.4) is 0 Å². The molecule has 2 aromatic heterocycles. The third-order valence-electron chi connectivity index (χ3n) is 6.39. The van der Waals surface area contributed by atoms with Gasteiger partial charge in [-0.2, -0.15) is 0 Å². The number of amides is 3. The van der Waals surface area contributed by atoms with Crippen LogP contribution < -0.4 is 21.7 Å². The summed E-state index contributed by atoms with van der Waals surface area (Å²) in [4.78, 5) is 60.6. The zero-order valence-electron chi connectivity index (χ0n) is 21.6. The maximum absolute atomic E-state index is 13.6. The first-order valence-electron chi connectivity index (χ1n) is 12.7. The van der Waals surface area contributed by atoms with Gasteiger partial charge < -0.3 is 36.8 Å². The zero-order chi connectivity index (χ0) is 28.5. The number of nitrogens with two attached hydrogens (primary N) is 1. The first-order chi connectivity index (χ1) is 19.3. The number of carboxylic acid groups (broad SMARTS) is 1. The molecule has 208 valence electrons. The van der Waals surface area contributed by atoms with Crippen LogP contribution in [-0.4, -0.2) is 68.4 Å². The van der Waals surface area contributed by atoms with Crippen LogP contribution in [0.1, 0.15) is 16.8 Å². The van der Waals surface area contributed by atoms with Gasteiger partial charge in [-0.1, -0.05) is 48.5 Å². The van der Waals surface area contributed by atoms with Crippen molar-refractivity contribution in [3.8, 4) is 0 Å². The van der Waals surface area contributed by atoms with Gasteiger partial charge in [-0.15, -0.1) is 0 Å². The minimum absolute atomic E-state index is 0.0898. The summed E-state index contributed by atoms with van der Waals surface area (Å²) in [5, 5.41) is 17.7. The van der Waals surface area contributed by atoms with Crippen LogP contribution in [0, 0.1) is 0 Å². The lowest BCUT2D eigenvalue weighted by molar-refractivity contribution is -0.138. The van der Waals surface area contributed by atoms with Crippen LogP contribution >= 0.6 is 0 Å². The molecule has 12 nitrogen and oxygen atoms in total. The molecule has 0 bridgehead atoms. The topological polar surface area (TPSA) is 195 Å². The highest BCUT2D eigenvalue weighted by Gasteiger charge is 2.29. The van der Waals surface area contributed by atoms with Gasteiger partial charge in [-0.3, -0.25) is 19.2 Å². The van der Waals surface area contributed by atoms with Gasteiger partial charge in [-0.05, 0) is 17.2 Å². The summed E-state index contributed by atoms with van der Waals surface area (Å²) >= 11 is 0. The Kier molecular flexibility index (Phi) is 9.26. The predicted molar refractivity (Wildman–Crippen MR) is 147 cm³/mol. The van der Waals surface area contributed by atoms with Gasteiger partial charge in [0.2, 0.25) is 17.7 Å². The predicted octanol–water partition coefficient (Wildman–Crippen LogP) is 0.417. The van der Waals surface area contributed by atoms with E-state index >= 15 is 0 Å². The Morgan fingerprint density at radius 2 is 1.55 bits per heavy atom. The van der Waals surface area contributed by atoms with E-state index in [9.17, 15) is 19.2 Å². The Hall–Kier alpha value is -4.97. The molecule has 0 aliphatic rings. The number of benzene rings is 2. The number of H-pyrrole nitrogens is 2. The maximum Gasteiger partial charge on any atom is 0.322 e. The van der Waals surface area contributed by atoms with Gasteiger partial charge in [0, 0.05) is 48.3 Å². The second kappa shape index (κ2) is 13.2. The summed E-state index contributed by atoms with van der Waals surface area (Å²) in [6.45, 7) is -0.605. The average molecular weight is 546 g/mol. The molecule has 4 aromatic rings. The minimum atomic E-state index is -1.22. The Labute approximate surface area is 229 Å². The van der Waals surface area contributed by atoms with Crippen LogP contribution in [0.5, 0.6) is 0 Å². The molecule has 8 N–H and O–H groups in total. The number of aliphatic carboxylic acids is 1. The van der Waals surface area contributed by atoms with Crippen LogP contribution in [0.25, 0.3) is 10.9 Å². The molecule has 4 rings (SSSR count). The molecule has 0 fully saturated rings. The van der Waals surface area contributed by atoms with E-state index in [1.807, 2.05) is 54.6 Å². The second-order valence-corrected chi connectivity index (χ2v) is 9.37. The average Bonchev–Trinajstić information content (AvgIpc) is 3.61. The summed E-state index contributed by atoms with van der Waals surface area (Å²) in [5.74, 6) is -3.04. The molecule has 3 amide bonds. The molecular formula is C28H31N7O5. The van der Waals surface area contributed by atoms with Gasteiger partial charge >= 0.3 is 5.97 Å². The van der Waals surface area contributed by atoms with Gasteiger partial charge in [0.15, 0.2) is 0 Å². The number of hydrogen-bond donors (Lipinski definition) is 7. The van der Waals surface area contributed by atoms with Gasteiger partial charge in [0.05, 0.1) is 12.4 Å². The standard InChI is InChI=1S/C28H31N7O5/c29-21(12-19-14-30-16-33-19)26(38)34-23(10-17-6-2-1-3-7-17)28(40)35-24(27(39)32-15-25(36)37)11-18-13-31-22-9-5-4-8-20(18)22/h1-9,13-14,16,21,23-24,31H,10-12,15,29H2,(H,30,33)(H,32,39)(H,34,38)(H,35,40)(H,36,37). The van der Waals surface area contributed by atoms with E-state index in [4.69, 9.17) is 10.8 Å². The molecule has 0 aliphatic heterocycles. The fourth-order valence-electron chi connectivity index (χ4n) is 4.35. The molecule has 2 aromatic carbocycles. The fraction of sp³-hybridized carbons (Fsp3) is 0.250. The van der Waals surface area contributed by atoms with Crippen molar-refractivity contribution in [2.75, 3.05) is 6.54 Å². The van der Waals surface area contributed by atoms with Crippen LogP contribution in [0.15, 0.2) is 73.3 Å². The smallest absolute Gasteiger partial charge is 0.322 e. The maximum atomic E-state index is 13.6. The van der Waals surface area contributed by atoms with Crippen molar-refractivity contribution < 1.29 is 24.3 Å². The number of rotatable bonds is 13. The number of fused-ring (bicyclic) bond motifs is 1. The highest BCUT2D eigenvalue weighted by atomic mass is 16.4. The van der Waals surface area contributed by atoms with Crippen molar-refractivity contribution >= 4 is 34.6 Å². The van der Waals surface area contributed by atoms with Crippen molar-refractivity contribution in [3.05, 3.63) is 90.1 Å². The minimum Gasteiger partial charge on any atom is -0.480 e. The molecule has 3 unspecified atom stereocenters. The van der Waals surface area contributed by atoms with Crippen LogP contribution in [0.4, 0.5) is 0 Å². The van der Waals surface area contributed by atoms with Gasteiger partial charge in [0.1, 0.15) is 18.6 Å². The molecule has 0 saturated heterocycles. The molecular weight excluding hydrogens is 514 g/mol. The molecule has 12 heteroatoms. The lowest BCUT2D eigenvalue weighted by atomic mass is 10.0. The number of carboxylic acids is 1. The summed E-state index contributed by atoms with van der Waals surface area (Å²) < 4.78 is 0. The fourth-order valence-corrected chi connectivity index (χ4v) is 4.35. The molecule has 3 atom stereocenters. The molecule has 2 heterocycles. The lowest BCUT2D eigenvalue weighted by Crippen LogP contribution is -2.57. The number of hydrogen-bond acceptors (Lipinski definition) is 6. The molecule has 0 radical (unpaired) electrons. The van der Waals surface area contributed by atoms with E-state index in [1.54, 1.807) is 12.4 Å². The lowest BCUT2D eigenvalue weighted by Gasteiger charge is -2.24. The number of para-hydroxylation sites is 1. The first kappa shape index (κ1) is 28.0. The molecule has 40 heavy (non-hydrogen) atoms. The van der Waals surface area contributed by atoms with Crippen LogP contribution in [0.2, 0.25) is 0 Å². The molecule has 0 aliphatic carbocycles. The van der Waals surface area contributed by atoms with Crippen molar-refractivity contribution in [3.63, 3.8) is 0 Å². The summed E-state index contributed by atoms with van der Waals surface area (Å²) in [6, 6.07) is 13.5.